The number of hydrogen-bond acceptors (Lipinski definition) is 4. The predicted octanol–water partition coefficient (Wildman–Crippen LogP) is 2.18. The maximum atomic E-state index is 12.1. The molecule has 0 aliphatic carbocycles. The summed E-state index contributed by atoms with van der Waals surface area (Å²) in [7, 11) is 0. The molecule has 0 aromatic carbocycles. The van der Waals surface area contributed by atoms with Crippen LogP contribution in [0.25, 0.3) is 0 Å². The zero-order valence-corrected chi connectivity index (χ0v) is 12.2. The molecule has 5 nitrogen and oxygen atoms in total. The third-order valence-corrected chi connectivity index (χ3v) is 2.59. The highest BCUT2D eigenvalue weighted by Gasteiger charge is 2.28. The van der Waals surface area contributed by atoms with E-state index in [-0.39, 0.29) is 17.4 Å². The standard InChI is InChI=1S/C14H23N3O2/c1-9(2)19-13-10(7-6-8-16-13)17-12(18)11(15)14(3,4)5/h6-9,11H,15H2,1-5H3,(H,17,18)/t11-/m1/s1. The quantitative estimate of drug-likeness (QED) is 0.874. The lowest BCUT2D eigenvalue weighted by Crippen LogP contribution is -2.45. The first-order valence-corrected chi connectivity index (χ1v) is 6.40. The number of nitrogens with zero attached hydrogens (tertiary/aromatic N) is 1. The van der Waals surface area contributed by atoms with Crippen LogP contribution in [-0.4, -0.2) is 23.0 Å². The fraction of sp³-hybridized carbons (Fsp3) is 0.571. The molecule has 1 atom stereocenters. The minimum Gasteiger partial charge on any atom is -0.473 e. The van der Waals surface area contributed by atoms with Gasteiger partial charge in [-0.1, -0.05) is 20.8 Å². The van der Waals surface area contributed by atoms with Crippen LogP contribution in [0.1, 0.15) is 34.6 Å². The van der Waals surface area contributed by atoms with Gasteiger partial charge in [-0.25, -0.2) is 4.98 Å². The van der Waals surface area contributed by atoms with E-state index >= 15 is 0 Å². The molecule has 106 valence electrons. The number of rotatable bonds is 4. The number of carbonyl (C=O) groups excluding carboxylic acids is 1. The van der Waals surface area contributed by atoms with Crippen molar-refractivity contribution in [2.24, 2.45) is 11.1 Å². The van der Waals surface area contributed by atoms with Gasteiger partial charge in [0.25, 0.3) is 0 Å². The summed E-state index contributed by atoms with van der Waals surface area (Å²) in [6.45, 7) is 9.58. The van der Waals surface area contributed by atoms with Crippen LogP contribution in [0, 0.1) is 5.41 Å². The second-order valence-corrected chi connectivity index (χ2v) is 5.86. The summed E-state index contributed by atoms with van der Waals surface area (Å²) in [6.07, 6.45) is 1.61. The van der Waals surface area contributed by atoms with Crippen molar-refractivity contribution >= 4 is 11.6 Å². The van der Waals surface area contributed by atoms with Crippen LogP contribution in [-0.2, 0) is 4.79 Å². The van der Waals surface area contributed by atoms with Crippen molar-refractivity contribution in [3.05, 3.63) is 18.3 Å². The van der Waals surface area contributed by atoms with Gasteiger partial charge >= 0.3 is 0 Å². The minimum atomic E-state index is -0.598. The van der Waals surface area contributed by atoms with E-state index in [1.165, 1.54) is 0 Å². The highest BCUT2D eigenvalue weighted by molar-refractivity contribution is 5.96. The Balaban J connectivity index is 2.85. The Bertz CT molecular complexity index is 439. The van der Waals surface area contributed by atoms with E-state index in [1.807, 2.05) is 34.6 Å². The highest BCUT2D eigenvalue weighted by atomic mass is 16.5. The molecule has 1 rings (SSSR count). The monoisotopic (exact) mass is 265 g/mol. The average Bonchev–Trinajstić information content (AvgIpc) is 2.28. The Labute approximate surface area is 114 Å². The normalized spacial score (nSPS) is 13.2. The van der Waals surface area contributed by atoms with Crippen molar-refractivity contribution in [1.29, 1.82) is 0 Å². The Morgan fingerprint density at radius 2 is 2.05 bits per heavy atom. The molecule has 0 radical (unpaired) electrons. The lowest BCUT2D eigenvalue weighted by atomic mass is 9.87. The van der Waals surface area contributed by atoms with Crippen LogP contribution in [0.3, 0.4) is 0 Å². The van der Waals surface area contributed by atoms with Gasteiger partial charge in [-0.15, -0.1) is 0 Å². The van der Waals surface area contributed by atoms with Gasteiger partial charge in [0, 0.05) is 6.20 Å². The van der Waals surface area contributed by atoms with Crippen molar-refractivity contribution < 1.29 is 9.53 Å². The lowest BCUT2D eigenvalue weighted by Gasteiger charge is -2.26. The summed E-state index contributed by atoms with van der Waals surface area (Å²) in [5, 5.41) is 2.77. The molecule has 1 aromatic rings. The molecule has 3 N–H and O–H groups in total. The topological polar surface area (TPSA) is 77.2 Å². The van der Waals surface area contributed by atoms with Gasteiger partial charge < -0.3 is 15.8 Å². The molecule has 0 unspecified atom stereocenters. The van der Waals surface area contributed by atoms with Gasteiger partial charge in [-0.2, -0.15) is 0 Å². The maximum Gasteiger partial charge on any atom is 0.241 e. The van der Waals surface area contributed by atoms with E-state index < -0.39 is 6.04 Å². The van der Waals surface area contributed by atoms with Crippen molar-refractivity contribution in [3.8, 4) is 5.88 Å². The zero-order valence-electron chi connectivity index (χ0n) is 12.2. The number of ether oxygens (including phenoxy) is 1. The van der Waals surface area contributed by atoms with Gasteiger partial charge in [0.05, 0.1) is 12.1 Å². The first kappa shape index (κ1) is 15.4. The summed E-state index contributed by atoms with van der Waals surface area (Å²) >= 11 is 0. The summed E-state index contributed by atoms with van der Waals surface area (Å²) in [5.74, 6) is 0.168. The molecule has 0 saturated heterocycles. The van der Waals surface area contributed by atoms with Crippen molar-refractivity contribution in [3.63, 3.8) is 0 Å². The van der Waals surface area contributed by atoms with Crippen molar-refractivity contribution in [1.82, 2.24) is 4.98 Å². The average molecular weight is 265 g/mol. The number of pyridine rings is 1. The number of aromatic nitrogens is 1. The minimum absolute atomic E-state index is 0.0122. The smallest absolute Gasteiger partial charge is 0.241 e. The number of anilines is 1. The van der Waals surface area contributed by atoms with Gasteiger partial charge in [0.1, 0.15) is 5.69 Å². The van der Waals surface area contributed by atoms with Crippen LogP contribution in [0.15, 0.2) is 18.3 Å². The summed E-state index contributed by atoms with van der Waals surface area (Å²) in [6, 6.07) is 2.89. The van der Waals surface area contributed by atoms with Crippen LogP contribution >= 0.6 is 0 Å². The molecular weight excluding hydrogens is 242 g/mol. The Morgan fingerprint density at radius 1 is 1.42 bits per heavy atom. The van der Waals surface area contributed by atoms with E-state index in [0.29, 0.717) is 11.6 Å². The van der Waals surface area contributed by atoms with Crippen molar-refractivity contribution in [2.75, 3.05) is 5.32 Å². The van der Waals surface area contributed by atoms with Crippen LogP contribution in [0.2, 0.25) is 0 Å². The molecule has 0 bridgehead atoms. The molecule has 1 amide bonds. The fourth-order valence-corrected chi connectivity index (χ4v) is 1.41. The fourth-order valence-electron chi connectivity index (χ4n) is 1.41. The molecule has 5 heteroatoms. The molecule has 0 spiro atoms. The molecule has 1 heterocycles. The van der Waals surface area contributed by atoms with E-state index in [1.54, 1.807) is 18.3 Å². The molecule has 0 aliphatic heterocycles. The summed E-state index contributed by atoms with van der Waals surface area (Å²) < 4.78 is 5.54. The third-order valence-electron chi connectivity index (χ3n) is 2.59. The number of nitrogens with one attached hydrogen (secondary N) is 1. The first-order chi connectivity index (χ1) is 8.71. The SMILES string of the molecule is CC(C)Oc1ncccc1NC(=O)[C@@H](N)C(C)(C)C. The van der Waals surface area contributed by atoms with Crippen LogP contribution < -0.4 is 15.8 Å². The number of nitrogens with two attached hydrogens (primary N) is 1. The van der Waals surface area contributed by atoms with E-state index in [0.717, 1.165) is 0 Å². The molecular formula is C14H23N3O2. The first-order valence-electron chi connectivity index (χ1n) is 6.40. The number of amides is 1. The molecule has 1 aromatic heterocycles. The van der Waals surface area contributed by atoms with Gasteiger partial charge in [0.15, 0.2) is 0 Å². The van der Waals surface area contributed by atoms with E-state index in [2.05, 4.69) is 10.3 Å². The molecule has 0 aliphatic rings. The van der Waals surface area contributed by atoms with Crippen molar-refractivity contribution in [2.45, 2.75) is 46.8 Å². The second-order valence-electron chi connectivity index (χ2n) is 5.86. The highest BCUT2D eigenvalue weighted by Crippen LogP contribution is 2.24. The van der Waals surface area contributed by atoms with E-state index in [4.69, 9.17) is 10.5 Å². The zero-order chi connectivity index (χ0) is 14.6. The van der Waals surface area contributed by atoms with Gasteiger partial charge in [0.2, 0.25) is 11.8 Å². The third kappa shape index (κ3) is 4.52. The molecule has 19 heavy (non-hydrogen) atoms. The number of hydrogen-bond donors (Lipinski definition) is 2. The molecule has 0 fully saturated rings. The van der Waals surface area contributed by atoms with Crippen LogP contribution in [0.5, 0.6) is 5.88 Å². The largest absolute Gasteiger partial charge is 0.473 e. The molecule has 0 saturated carbocycles. The van der Waals surface area contributed by atoms with Gasteiger partial charge in [-0.05, 0) is 31.4 Å². The van der Waals surface area contributed by atoms with E-state index in [9.17, 15) is 4.79 Å². The summed E-state index contributed by atoms with van der Waals surface area (Å²) in [4.78, 5) is 16.2. The lowest BCUT2D eigenvalue weighted by molar-refractivity contribution is -0.119. The Morgan fingerprint density at radius 3 is 2.58 bits per heavy atom. The maximum absolute atomic E-state index is 12.1. The summed E-state index contributed by atoms with van der Waals surface area (Å²) in [5.41, 5.74) is 6.16. The Hall–Kier alpha value is -1.62. The second kappa shape index (κ2) is 6.02. The van der Waals surface area contributed by atoms with Crippen LogP contribution in [0.4, 0.5) is 5.69 Å². The number of carbonyl (C=O) groups is 1. The predicted molar refractivity (Wildman–Crippen MR) is 76.1 cm³/mol. The van der Waals surface area contributed by atoms with Gasteiger partial charge in [-0.3, -0.25) is 4.79 Å². The Kier molecular flexibility index (Phi) is 4.89.